The average Bonchev–Trinajstić information content (AvgIpc) is 2.27. The largest absolute Gasteiger partial charge is 0.396 e. The third kappa shape index (κ3) is 3.65. The molecule has 1 rings (SSSR count). The fraction of sp³-hybridized carbons (Fsp3) is 0.538. The fourth-order valence-electron chi connectivity index (χ4n) is 1.77. The Bertz CT molecular complexity index is 258. The van der Waals surface area contributed by atoms with Gasteiger partial charge in [-0.25, -0.2) is 0 Å². The van der Waals surface area contributed by atoms with Gasteiger partial charge in [0.15, 0.2) is 0 Å². The van der Waals surface area contributed by atoms with Crippen molar-refractivity contribution in [3.63, 3.8) is 0 Å². The molecule has 15 heavy (non-hydrogen) atoms. The van der Waals surface area contributed by atoms with Crippen LogP contribution in [0.15, 0.2) is 30.3 Å². The molecule has 0 amide bonds. The zero-order valence-corrected chi connectivity index (χ0v) is 9.52. The first-order chi connectivity index (χ1) is 7.29. The Balaban J connectivity index is 2.73. The minimum absolute atomic E-state index is 0.100. The third-order valence-corrected chi connectivity index (χ3v) is 2.58. The van der Waals surface area contributed by atoms with E-state index in [2.05, 4.69) is 19.1 Å². The van der Waals surface area contributed by atoms with Crippen LogP contribution in [0.25, 0.3) is 0 Å². The molecule has 0 unspecified atom stereocenters. The van der Waals surface area contributed by atoms with Crippen LogP contribution in [0.1, 0.15) is 31.9 Å². The number of hydrogen-bond donors (Lipinski definition) is 1. The van der Waals surface area contributed by atoms with E-state index in [0.29, 0.717) is 12.5 Å². The van der Waals surface area contributed by atoms with Gasteiger partial charge in [-0.15, -0.1) is 0 Å². The predicted octanol–water partition coefficient (Wildman–Crippen LogP) is 2.78. The van der Waals surface area contributed by atoms with E-state index in [1.54, 1.807) is 0 Å². The Kier molecular flexibility index (Phi) is 5.37. The maximum atomic E-state index is 8.95. The van der Waals surface area contributed by atoms with Gasteiger partial charge in [0.2, 0.25) is 0 Å². The number of ether oxygens (including phenoxy) is 1. The van der Waals surface area contributed by atoms with Crippen LogP contribution in [0, 0.1) is 5.92 Å². The van der Waals surface area contributed by atoms with Crippen molar-refractivity contribution >= 4 is 0 Å². The highest BCUT2D eigenvalue weighted by Crippen LogP contribution is 2.27. The molecule has 0 saturated heterocycles. The van der Waals surface area contributed by atoms with Crippen molar-refractivity contribution in [3.8, 4) is 0 Å². The van der Waals surface area contributed by atoms with Gasteiger partial charge in [-0.1, -0.05) is 37.3 Å². The molecule has 0 aliphatic heterocycles. The van der Waals surface area contributed by atoms with Gasteiger partial charge >= 0.3 is 0 Å². The van der Waals surface area contributed by atoms with Crippen molar-refractivity contribution in [1.29, 1.82) is 0 Å². The van der Waals surface area contributed by atoms with Crippen molar-refractivity contribution in [2.75, 3.05) is 13.2 Å². The highest BCUT2D eigenvalue weighted by Gasteiger charge is 2.18. The summed E-state index contributed by atoms with van der Waals surface area (Å²) in [4.78, 5) is 0. The second-order valence-corrected chi connectivity index (χ2v) is 3.78. The Morgan fingerprint density at radius 1 is 1.27 bits per heavy atom. The highest BCUT2D eigenvalue weighted by atomic mass is 16.5. The molecule has 0 bridgehead atoms. The Morgan fingerprint density at radius 3 is 2.47 bits per heavy atom. The summed E-state index contributed by atoms with van der Waals surface area (Å²) in [6, 6.07) is 10.2. The second-order valence-electron chi connectivity index (χ2n) is 3.78. The number of aliphatic hydroxyl groups excluding tert-OH is 1. The predicted molar refractivity (Wildman–Crippen MR) is 61.7 cm³/mol. The zero-order chi connectivity index (χ0) is 11.1. The van der Waals surface area contributed by atoms with Crippen molar-refractivity contribution in [1.82, 2.24) is 0 Å². The van der Waals surface area contributed by atoms with Crippen molar-refractivity contribution in [2.45, 2.75) is 26.4 Å². The Labute approximate surface area is 91.9 Å². The molecule has 0 fully saturated rings. The van der Waals surface area contributed by atoms with E-state index in [4.69, 9.17) is 9.84 Å². The molecule has 2 nitrogen and oxygen atoms in total. The van der Waals surface area contributed by atoms with Gasteiger partial charge in [0.25, 0.3) is 0 Å². The van der Waals surface area contributed by atoms with E-state index in [9.17, 15) is 0 Å². The molecule has 84 valence electrons. The second kappa shape index (κ2) is 6.59. The van der Waals surface area contributed by atoms with Gasteiger partial charge < -0.3 is 9.84 Å². The molecule has 0 aromatic heterocycles. The summed E-state index contributed by atoms with van der Waals surface area (Å²) in [6.45, 7) is 5.04. The van der Waals surface area contributed by atoms with Crippen LogP contribution in [-0.2, 0) is 4.74 Å². The molecule has 0 heterocycles. The third-order valence-electron chi connectivity index (χ3n) is 2.58. The van der Waals surface area contributed by atoms with Crippen LogP contribution in [0.4, 0.5) is 0 Å². The lowest BCUT2D eigenvalue weighted by Crippen LogP contribution is -2.15. The average molecular weight is 208 g/mol. The molecular weight excluding hydrogens is 188 g/mol. The molecule has 1 aromatic rings. The molecule has 2 atom stereocenters. The van der Waals surface area contributed by atoms with Crippen LogP contribution in [0.5, 0.6) is 0 Å². The minimum Gasteiger partial charge on any atom is -0.396 e. The van der Waals surface area contributed by atoms with Crippen LogP contribution < -0.4 is 0 Å². The van der Waals surface area contributed by atoms with Gasteiger partial charge in [-0.2, -0.15) is 0 Å². The Hall–Kier alpha value is -0.860. The highest BCUT2D eigenvalue weighted by molar-refractivity contribution is 5.18. The van der Waals surface area contributed by atoms with E-state index < -0.39 is 0 Å². The summed E-state index contributed by atoms with van der Waals surface area (Å²) in [5.74, 6) is 0.345. The lowest BCUT2D eigenvalue weighted by Gasteiger charge is -2.23. The standard InChI is InChI=1S/C13H20O2/c1-3-15-13(11(2)9-10-14)12-7-5-4-6-8-12/h4-8,11,13-14H,3,9-10H2,1-2H3/t11-,13-/m1/s1. The molecule has 0 spiro atoms. The summed E-state index contributed by atoms with van der Waals surface area (Å²) in [5.41, 5.74) is 1.19. The first-order valence-corrected chi connectivity index (χ1v) is 5.57. The summed E-state index contributed by atoms with van der Waals surface area (Å²) >= 11 is 0. The van der Waals surface area contributed by atoms with Crippen LogP contribution in [0.3, 0.4) is 0 Å². The number of hydrogen-bond acceptors (Lipinski definition) is 2. The quantitative estimate of drug-likeness (QED) is 0.779. The summed E-state index contributed by atoms with van der Waals surface area (Å²) in [5, 5.41) is 8.95. The summed E-state index contributed by atoms with van der Waals surface area (Å²) in [7, 11) is 0. The zero-order valence-electron chi connectivity index (χ0n) is 9.52. The van der Waals surface area contributed by atoms with Gasteiger partial charge in [0, 0.05) is 13.2 Å². The lowest BCUT2D eigenvalue weighted by molar-refractivity contribution is 0.0161. The van der Waals surface area contributed by atoms with Gasteiger partial charge in [0.1, 0.15) is 0 Å². The Morgan fingerprint density at radius 2 is 1.93 bits per heavy atom. The molecular formula is C13H20O2. The van der Waals surface area contributed by atoms with E-state index in [1.165, 1.54) is 5.56 Å². The van der Waals surface area contributed by atoms with Crippen molar-refractivity contribution in [3.05, 3.63) is 35.9 Å². The number of benzene rings is 1. The normalized spacial score (nSPS) is 14.9. The van der Waals surface area contributed by atoms with Crippen LogP contribution in [-0.4, -0.2) is 18.3 Å². The molecule has 0 aliphatic rings. The van der Waals surface area contributed by atoms with Crippen LogP contribution in [0.2, 0.25) is 0 Å². The van der Waals surface area contributed by atoms with Gasteiger partial charge in [0.05, 0.1) is 6.10 Å². The maximum Gasteiger partial charge on any atom is 0.0851 e. The summed E-state index contributed by atoms with van der Waals surface area (Å²) in [6.07, 6.45) is 0.878. The van der Waals surface area contributed by atoms with E-state index in [0.717, 1.165) is 6.42 Å². The van der Waals surface area contributed by atoms with E-state index in [1.807, 2.05) is 25.1 Å². The van der Waals surface area contributed by atoms with Gasteiger partial charge in [-0.3, -0.25) is 0 Å². The molecule has 2 heteroatoms. The molecule has 0 aliphatic carbocycles. The monoisotopic (exact) mass is 208 g/mol. The molecule has 0 radical (unpaired) electrons. The SMILES string of the molecule is CCO[C@@H](c1ccccc1)[C@H](C)CCO. The molecule has 1 N–H and O–H groups in total. The topological polar surface area (TPSA) is 29.5 Å². The fourth-order valence-corrected chi connectivity index (χ4v) is 1.77. The van der Waals surface area contributed by atoms with Crippen LogP contribution >= 0.6 is 0 Å². The van der Waals surface area contributed by atoms with Gasteiger partial charge in [-0.05, 0) is 24.8 Å². The summed E-state index contributed by atoms with van der Waals surface area (Å²) < 4.78 is 5.73. The number of rotatable bonds is 6. The smallest absolute Gasteiger partial charge is 0.0851 e. The van der Waals surface area contributed by atoms with Crippen molar-refractivity contribution < 1.29 is 9.84 Å². The van der Waals surface area contributed by atoms with E-state index >= 15 is 0 Å². The minimum atomic E-state index is 0.100. The first-order valence-electron chi connectivity index (χ1n) is 5.57. The number of aliphatic hydroxyl groups is 1. The molecule has 0 saturated carbocycles. The maximum absolute atomic E-state index is 8.95. The van der Waals surface area contributed by atoms with Crippen molar-refractivity contribution in [2.24, 2.45) is 5.92 Å². The van der Waals surface area contributed by atoms with E-state index in [-0.39, 0.29) is 12.7 Å². The molecule has 1 aromatic carbocycles. The first kappa shape index (κ1) is 12.2. The lowest BCUT2D eigenvalue weighted by atomic mass is 9.95.